The number of nitrogens with zero attached hydrogens (tertiary/aromatic N) is 2. The van der Waals surface area contributed by atoms with Crippen LogP contribution >= 0.6 is 0 Å². The Bertz CT molecular complexity index is 585. The molecule has 1 atom stereocenters. The fourth-order valence-electron chi connectivity index (χ4n) is 3.13. The van der Waals surface area contributed by atoms with Crippen LogP contribution in [-0.2, 0) is 4.79 Å². The first-order valence-corrected chi connectivity index (χ1v) is 8.79. The van der Waals surface area contributed by atoms with Crippen LogP contribution in [0, 0.1) is 5.41 Å². The van der Waals surface area contributed by atoms with Crippen molar-refractivity contribution in [1.29, 1.82) is 0 Å². The van der Waals surface area contributed by atoms with Crippen LogP contribution < -0.4 is 4.90 Å². The molecular formula is C19H28N2O3. The van der Waals surface area contributed by atoms with E-state index in [9.17, 15) is 14.7 Å². The maximum atomic E-state index is 12.6. The molecule has 0 radical (unpaired) electrons. The number of rotatable bonds is 7. The van der Waals surface area contributed by atoms with Gasteiger partial charge in [-0.05, 0) is 51.0 Å². The van der Waals surface area contributed by atoms with Gasteiger partial charge < -0.3 is 14.9 Å². The summed E-state index contributed by atoms with van der Waals surface area (Å²) in [7, 11) is 0. The maximum absolute atomic E-state index is 12.6. The highest BCUT2D eigenvalue weighted by molar-refractivity contribution is 5.95. The van der Waals surface area contributed by atoms with E-state index in [1.807, 2.05) is 24.3 Å². The zero-order valence-corrected chi connectivity index (χ0v) is 14.9. The molecule has 24 heavy (non-hydrogen) atoms. The zero-order valence-electron chi connectivity index (χ0n) is 14.9. The summed E-state index contributed by atoms with van der Waals surface area (Å²) in [5.41, 5.74) is 0.925. The predicted molar refractivity (Wildman–Crippen MR) is 95.5 cm³/mol. The van der Waals surface area contributed by atoms with Crippen LogP contribution in [0.15, 0.2) is 24.3 Å². The summed E-state index contributed by atoms with van der Waals surface area (Å²) < 4.78 is 0. The number of aliphatic carboxylic acids is 1. The summed E-state index contributed by atoms with van der Waals surface area (Å²) >= 11 is 0. The third-order valence-electron chi connectivity index (χ3n) is 4.92. The van der Waals surface area contributed by atoms with Gasteiger partial charge in [0.25, 0.3) is 5.91 Å². The second-order valence-corrected chi connectivity index (χ2v) is 6.82. The number of carbonyl (C=O) groups is 2. The van der Waals surface area contributed by atoms with Crippen LogP contribution in [0.4, 0.5) is 5.69 Å². The molecule has 1 aromatic rings. The van der Waals surface area contributed by atoms with Crippen molar-refractivity contribution >= 4 is 17.6 Å². The first-order valence-electron chi connectivity index (χ1n) is 8.79. The third-order valence-corrected chi connectivity index (χ3v) is 4.92. The van der Waals surface area contributed by atoms with Gasteiger partial charge in [0.1, 0.15) is 0 Å². The van der Waals surface area contributed by atoms with Crippen LogP contribution in [-0.4, -0.2) is 48.1 Å². The van der Waals surface area contributed by atoms with Crippen molar-refractivity contribution in [3.05, 3.63) is 29.8 Å². The molecule has 1 unspecified atom stereocenters. The summed E-state index contributed by atoms with van der Waals surface area (Å²) in [6.07, 6.45) is 2.81. The topological polar surface area (TPSA) is 60.9 Å². The predicted octanol–water partition coefficient (Wildman–Crippen LogP) is 3.25. The number of benzene rings is 1. The van der Waals surface area contributed by atoms with E-state index in [0.717, 1.165) is 31.6 Å². The molecule has 1 fully saturated rings. The highest BCUT2D eigenvalue weighted by Crippen LogP contribution is 2.31. The van der Waals surface area contributed by atoms with Crippen molar-refractivity contribution < 1.29 is 14.7 Å². The minimum absolute atomic E-state index is 0.0804. The highest BCUT2D eigenvalue weighted by Gasteiger charge is 2.42. The Morgan fingerprint density at radius 3 is 2.42 bits per heavy atom. The van der Waals surface area contributed by atoms with Gasteiger partial charge in [-0.15, -0.1) is 0 Å². The number of unbranched alkanes of at least 4 members (excludes halogenated alkanes) is 1. The van der Waals surface area contributed by atoms with E-state index in [1.54, 1.807) is 11.8 Å². The number of likely N-dealkylation sites (tertiary alicyclic amines) is 1. The summed E-state index contributed by atoms with van der Waals surface area (Å²) in [6, 6.07) is 7.67. The molecule has 1 aliphatic rings. The largest absolute Gasteiger partial charge is 0.481 e. The van der Waals surface area contributed by atoms with Crippen LogP contribution in [0.3, 0.4) is 0 Å². The number of carboxylic acids is 1. The number of carbonyl (C=O) groups excluding carboxylic acids is 1. The summed E-state index contributed by atoms with van der Waals surface area (Å²) in [4.78, 5) is 27.9. The van der Waals surface area contributed by atoms with Crippen LogP contribution in [0.25, 0.3) is 0 Å². The standard InChI is InChI=1S/C19H28N2O3/c1-4-6-12-20(5-2)16-9-7-15(8-10-16)17(22)21-13-11-19(3,14-21)18(23)24/h7-10H,4-6,11-14H2,1-3H3,(H,23,24). The monoisotopic (exact) mass is 332 g/mol. The van der Waals surface area contributed by atoms with Crippen molar-refractivity contribution in [2.45, 2.75) is 40.0 Å². The van der Waals surface area contributed by atoms with Gasteiger partial charge >= 0.3 is 5.97 Å². The van der Waals surface area contributed by atoms with Crippen molar-refractivity contribution in [1.82, 2.24) is 4.90 Å². The lowest BCUT2D eigenvalue weighted by Gasteiger charge is -2.24. The maximum Gasteiger partial charge on any atom is 0.311 e. The van der Waals surface area contributed by atoms with E-state index < -0.39 is 11.4 Å². The van der Waals surface area contributed by atoms with Gasteiger partial charge in [0.15, 0.2) is 0 Å². The average Bonchev–Trinajstić information content (AvgIpc) is 2.99. The summed E-state index contributed by atoms with van der Waals surface area (Å²) in [6.45, 7) is 8.75. The number of carboxylic acid groups (broad SMARTS) is 1. The number of amides is 1. The fourth-order valence-corrected chi connectivity index (χ4v) is 3.13. The Labute approximate surface area is 144 Å². The molecule has 132 valence electrons. The average molecular weight is 332 g/mol. The molecule has 0 aliphatic carbocycles. The fraction of sp³-hybridized carbons (Fsp3) is 0.579. The van der Waals surface area contributed by atoms with Crippen molar-refractivity contribution in [3.63, 3.8) is 0 Å². The molecule has 1 saturated heterocycles. The Balaban J connectivity index is 2.05. The van der Waals surface area contributed by atoms with Crippen molar-refractivity contribution in [2.75, 3.05) is 31.1 Å². The smallest absolute Gasteiger partial charge is 0.311 e. The third kappa shape index (κ3) is 3.89. The molecule has 0 aromatic heterocycles. The Hall–Kier alpha value is -2.04. The molecule has 0 saturated carbocycles. The highest BCUT2D eigenvalue weighted by atomic mass is 16.4. The SMILES string of the molecule is CCCCN(CC)c1ccc(C(=O)N2CCC(C)(C(=O)O)C2)cc1. The van der Waals surface area contributed by atoms with Gasteiger partial charge in [0.2, 0.25) is 0 Å². The summed E-state index contributed by atoms with van der Waals surface area (Å²) in [5.74, 6) is -0.911. The van der Waals surface area contributed by atoms with Gasteiger partial charge in [0, 0.05) is 37.4 Å². The zero-order chi connectivity index (χ0) is 17.7. The number of hydrogen-bond acceptors (Lipinski definition) is 3. The molecule has 5 nitrogen and oxygen atoms in total. The van der Waals surface area contributed by atoms with Gasteiger partial charge in [-0.3, -0.25) is 9.59 Å². The van der Waals surface area contributed by atoms with E-state index in [-0.39, 0.29) is 12.5 Å². The van der Waals surface area contributed by atoms with Gasteiger partial charge in [-0.1, -0.05) is 13.3 Å². The van der Waals surface area contributed by atoms with E-state index in [1.165, 1.54) is 0 Å². The minimum Gasteiger partial charge on any atom is -0.481 e. The van der Waals surface area contributed by atoms with Crippen molar-refractivity contribution in [2.24, 2.45) is 5.41 Å². The van der Waals surface area contributed by atoms with E-state index in [4.69, 9.17) is 0 Å². The quantitative estimate of drug-likeness (QED) is 0.832. The molecule has 2 rings (SSSR count). The van der Waals surface area contributed by atoms with Crippen molar-refractivity contribution in [3.8, 4) is 0 Å². The molecule has 1 amide bonds. The molecular weight excluding hydrogens is 304 g/mol. The number of anilines is 1. The lowest BCUT2D eigenvalue weighted by atomic mass is 9.90. The summed E-state index contributed by atoms with van der Waals surface area (Å²) in [5, 5.41) is 9.29. The van der Waals surface area contributed by atoms with Crippen LogP contribution in [0.1, 0.15) is 50.4 Å². The van der Waals surface area contributed by atoms with Gasteiger partial charge in [-0.25, -0.2) is 0 Å². The molecule has 1 N–H and O–H groups in total. The normalized spacial score (nSPS) is 20.2. The van der Waals surface area contributed by atoms with Crippen LogP contribution in [0.5, 0.6) is 0 Å². The Kier molecular flexibility index (Phi) is 5.86. The second kappa shape index (κ2) is 7.69. The first-order chi connectivity index (χ1) is 11.4. The second-order valence-electron chi connectivity index (χ2n) is 6.82. The molecule has 1 heterocycles. The minimum atomic E-state index is -0.831. The Morgan fingerprint density at radius 1 is 1.25 bits per heavy atom. The first kappa shape index (κ1) is 18.3. The molecule has 0 bridgehead atoms. The van der Waals surface area contributed by atoms with Crippen LogP contribution in [0.2, 0.25) is 0 Å². The van der Waals surface area contributed by atoms with E-state index >= 15 is 0 Å². The molecule has 1 aliphatic heterocycles. The van der Waals surface area contributed by atoms with Gasteiger partial charge in [-0.2, -0.15) is 0 Å². The molecule has 5 heteroatoms. The lowest BCUT2D eigenvalue weighted by molar-refractivity contribution is -0.147. The van der Waals surface area contributed by atoms with E-state index in [2.05, 4.69) is 18.7 Å². The Morgan fingerprint density at radius 2 is 1.92 bits per heavy atom. The lowest BCUT2D eigenvalue weighted by Crippen LogP contribution is -2.34. The number of hydrogen-bond donors (Lipinski definition) is 1. The molecule has 0 spiro atoms. The van der Waals surface area contributed by atoms with Gasteiger partial charge in [0.05, 0.1) is 5.41 Å². The van der Waals surface area contributed by atoms with E-state index in [0.29, 0.717) is 18.5 Å². The molecule has 1 aromatic carbocycles.